The van der Waals surface area contributed by atoms with E-state index in [1.54, 1.807) is 29.6 Å². The van der Waals surface area contributed by atoms with Crippen LogP contribution in [0.3, 0.4) is 0 Å². The van der Waals surface area contributed by atoms with Crippen molar-refractivity contribution in [2.45, 2.75) is 12.8 Å². The topological polar surface area (TPSA) is 94.6 Å². The fraction of sp³-hybridized carbons (Fsp3) is 0.450. The van der Waals surface area contributed by atoms with Gasteiger partial charge in [0.15, 0.2) is 0 Å². The Bertz CT molecular complexity index is 924. The summed E-state index contributed by atoms with van der Waals surface area (Å²) < 4.78 is 0. The largest absolute Gasteiger partial charge is 0.359 e. The number of rotatable bonds is 4. The first-order valence-electron chi connectivity index (χ1n) is 10.0. The van der Waals surface area contributed by atoms with E-state index in [1.807, 2.05) is 11.0 Å². The Labute approximate surface area is 168 Å². The summed E-state index contributed by atoms with van der Waals surface area (Å²) >= 11 is 0. The maximum atomic E-state index is 13.1. The van der Waals surface area contributed by atoms with Gasteiger partial charge in [0.1, 0.15) is 5.82 Å². The summed E-state index contributed by atoms with van der Waals surface area (Å²) in [5.74, 6) is 1.91. The summed E-state index contributed by atoms with van der Waals surface area (Å²) in [6.45, 7) is 3.52. The van der Waals surface area contributed by atoms with Crippen LogP contribution in [0.5, 0.6) is 0 Å². The molecule has 0 bridgehead atoms. The minimum Gasteiger partial charge on any atom is -0.359 e. The number of hydrogen-bond acceptors (Lipinski definition) is 7. The molecular weight excluding hydrogens is 370 g/mol. The molecule has 9 heteroatoms. The van der Waals surface area contributed by atoms with Crippen molar-refractivity contribution in [1.29, 1.82) is 0 Å². The summed E-state index contributed by atoms with van der Waals surface area (Å²) in [6.07, 6.45) is 7.37. The van der Waals surface area contributed by atoms with Crippen LogP contribution in [-0.2, 0) is 4.79 Å². The number of nitrogens with zero attached hydrogens (tertiary/aromatic N) is 6. The van der Waals surface area contributed by atoms with E-state index in [9.17, 15) is 9.59 Å². The molecule has 1 N–H and O–H groups in total. The Balaban J connectivity index is 1.30. The number of hydrogen-bond donors (Lipinski definition) is 1. The van der Waals surface area contributed by atoms with Gasteiger partial charge in [-0.25, -0.2) is 15.0 Å². The van der Waals surface area contributed by atoms with Crippen molar-refractivity contribution in [3.05, 3.63) is 36.3 Å². The van der Waals surface area contributed by atoms with Crippen LogP contribution in [0.15, 0.2) is 30.7 Å². The van der Waals surface area contributed by atoms with Crippen molar-refractivity contribution >= 4 is 29.3 Å². The van der Waals surface area contributed by atoms with Gasteiger partial charge in [0.2, 0.25) is 11.9 Å². The third-order valence-corrected chi connectivity index (χ3v) is 5.65. The molecule has 0 atom stereocenters. The third-order valence-electron chi connectivity index (χ3n) is 5.65. The normalized spacial score (nSPS) is 19.0. The molecule has 2 fully saturated rings. The molecule has 2 aliphatic heterocycles. The van der Waals surface area contributed by atoms with Crippen LogP contribution in [0.2, 0.25) is 0 Å². The highest BCUT2D eigenvalue weighted by Crippen LogP contribution is 2.35. The highest BCUT2D eigenvalue weighted by atomic mass is 16.2. The first-order valence-corrected chi connectivity index (χ1v) is 10.0. The highest BCUT2D eigenvalue weighted by Gasteiger charge is 2.32. The van der Waals surface area contributed by atoms with E-state index in [2.05, 4.69) is 25.2 Å². The van der Waals surface area contributed by atoms with Crippen LogP contribution >= 0.6 is 0 Å². The molecule has 1 saturated carbocycles. The van der Waals surface area contributed by atoms with Crippen LogP contribution in [0, 0.1) is 5.92 Å². The lowest BCUT2D eigenvalue weighted by molar-refractivity contribution is -0.117. The van der Waals surface area contributed by atoms with Crippen LogP contribution in [0.25, 0.3) is 0 Å². The van der Waals surface area contributed by atoms with Crippen molar-refractivity contribution in [1.82, 2.24) is 19.9 Å². The number of fused-ring (bicyclic) bond motifs is 1. The van der Waals surface area contributed by atoms with Crippen molar-refractivity contribution < 1.29 is 9.59 Å². The summed E-state index contributed by atoms with van der Waals surface area (Å²) in [6, 6.07) is 3.60. The summed E-state index contributed by atoms with van der Waals surface area (Å²) in [5, 5.41) is 3.06. The molecule has 4 heterocycles. The molecule has 150 valence electrons. The standard InChI is InChI=1S/C20H23N7O2/c28-17-12-24-18-16(27(17)13-14-2-3-14)10-15(11-23-18)19(29)25-6-8-26(9-7-25)20-21-4-1-5-22-20/h1,4-5,10-11,14H,2-3,6-9,12-13H2,(H,23,24). The molecule has 1 aliphatic carbocycles. The number of carbonyl (C=O) groups is 2. The fourth-order valence-electron chi connectivity index (χ4n) is 3.81. The molecule has 2 amide bonds. The predicted octanol–water partition coefficient (Wildman–Crippen LogP) is 1.00. The highest BCUT2D eigenvalue weighted by molar-refractivity contribution is 6.04. The van der Waals surface area contributed by atoms with Gasteiger partial charge in [-0.05, 0) is 30.9 Å². The number of pyridine rings is 1. The molecule has 29 heavy (non-hydrogen) atoms. The zero-order chi connectivity index (χ0) is 19.8. The van der Waals surface area contributed by atoms with Gasteiger partial charge >= 0.3 is 0 Å². The lowest BCUT2D eigenvalue weighted by Crippen LogP contribution is -2.49. The summed E-state index contributed by atoms with van der Waals surface area (Å²) in [5.41, 5.74) is 1.24. The maximum absolute atomic E-state index is 13.1. The maximum Gasteiger partial charge on any atom is 0.255 e. The fourth-order valence-corrected chi connectivity index (χ4v) is 3.81. The van der Waals surface area contributed by atoms with Crippen molar-refractivity contribution in [3.63, 3.8) is 0 Å². The quantitative estimate of drug-likeness (QED) is 0.828. The third kappa shape index (κ3) is 3.59. The van der Waals surface area contributed by atoms with Gasteiger partial charge < -0.3 is 20.0 Å². The van der Waals surface area contributed by atoms with Gasteiger partial charge in [0.25, 0.3) is 5.91 Å². The van der Waals surface area contributed by atoms with Crippen molar-refractivity contribution in [2.75, 3.05) is 54.4 Å². The molecule has 9 nitrogen and oxygen atoms in total. The Morgan fingerprint density at radius 2 is 1.86 bits per heavy atom. The number of nitrogens with one attached hydrogen (secondary N) is 1. The second kappa shape index (κ2) is 7.31. The van der Waals surface area contributed by atoms with Gasteiger partial charge in [0.05, 0.1) is 17.8 Å². The molecule has 0 radical (unpaired) electrons. The molecule has 1 saturated heterocycles. The number of anilines is 3. The molecule has 0 unspecified atom stereocenters. The minimum absolute atomic E-state index is 0.0345. The van der Waals surface area contributed by atoms with Crippen LogP contribution < -0.4 is 15.1 Å². The summed E-state index contributed by atoms with van der Waals surface area (Å²) in [7, 11) is 0. The second-order valence-electron chi connectivity index (χ2n) is 7.72. The van der Waals surface area contributed by atoms with E-state index in [0.29, 0.717) is 56.0 Å². The molecular formula is C20H23N7O2. The second-order valence-corrected chi connectivity index (χ2v) is 7.72. The van der Waals surface area contributed by atoms with Gasteiger partial charge in [-0.1, -0.05) is 0 Å². The molecule has 3 aliphatic rings. The van der Waals surface area contributed by atoms with Gasteiger partial charge in [-0.3, -0.25) is 9.59 Å². The summed E-state index contributed by atoms with van der Waals surface area (Å²) in [4.78, 5) is 44.1. The van der Waals surface area contributed by atoms with E-state index >= 15 is 0 Å². The first kappa shape index (κ1) is 17.8. The van der Waals surface area contributed by atoms with Crippen molar-refractivity contribution in [3.8, 4) is 0 Å². The molecule has 0 aromatic carbocycles. The van der Waals surface area contributed by atoms with E-state index in [1.165, 1.54) is 0 Å². The van der Waals surface area contributed by atoms with Crippen LogP contribution in [-0.4, -0.2) is 70.9 Å². The van der Waals surface area contributed by atoms with Crippen LogP contribution in [0.1, 0.15) is 23.2 Å². The smallest absolute Gasteiger partial charge is 0.255 e. The van der Waals surface area contributed by atoms with Gasteiger partial charge in [-0.15, -0.1) is 0 Å². The Morgan fingerprint density at radius 1 is 1.10 bits per heavy atom. The number of piperazine rings is 1. The molecule has 0 spiro atoms. The average molecular weight is 393 g/mol. The number of aromatic nitrogens is 3. The number of carbonyl (C=O) groups excluding carboxylic acids is 2. The minimum atomic E-state index is -0.0571. The Kier molecular flexibility index (Phi) is 4.49. The first-order chi connectivity index (χ1) is 14.2. The lowest BCUT2D eigenvalue weighted by Gasteiger charge is -2.35. The Hall–Kier alpha value is -3.23. The van der Waals surface area contributed by atoms with E-state index < -0.39 is 0 Å². The zero-order valence-corrected chi connectivity index (χ0v) is 16.1. The molecule has 2 aromatic heterocycles. The van der Waals surface area contributed by atoms with Gasteiger partial charge in [0, 0.05) is 51.3 Å². The predicted molar refractivity (Wildman–Crippen MR) is 108 cm³/mol. The monoisotopic (exact) mass is 393 g/mol. The average Bonchev–Trinajstić information content (AvgIpc) is 3.60. The van der Waals surface area contributed by atoms with Crippen molar-refractivity contribution in [2.24, 2.45) is 5.92 Å². The van der Waals surface area contributed by atoms with E-state index in [-0.39, 0.29) is 18.4 Å². The van der Waals surface area contributed by atoms with E-state index in [0.717, 1.165) is 18.5 Å². The van der Waals surface area contributed by atoms with Gasteiger partial charge in [-0.2, -0.15) is 0 Å². The SMILES string of the molecule is O=C(c1cnc2c(c1)N(CC1CC1)C(=O)CN2)N1CCN(c2ncccn2)CC1. The lowest BCUT2D eigenvalue weighted by atomic mass is 10.1. The number of amides is 2. The molecule has 5 rings (SSSR count). The Morgan fingerprint density at radius 3 is 2.59 bits per heavy atom. The molecule has 2 aromatic rings. The van der Waals surface area contributed by atoms with E-state index in [4.69, 9.17) is 0 Å². The van der Waals surface area contributed by atoms with Crippen LogP contribution in [0.4, 0.5) is 17.5 Å². The zero-order valence-electron chi connectivity index (χ0n) is 16.1.